The molecule has 27 heavy (non-hydrogen) atoms. The fourth-order valence-electron chi connectivity index (χ4n) is 2.98. The van der Waals surface area contributed by atoms with Gasteiger partial charge in [-0.15, -0.1) is 0 Å². The Labute approximate surface area is 159 Å². The van der Waals surface area contributed by atoms with Crippen molar-refractivity contribution in [2.45, 2.75) is 58.9 Å². The van der Waals surface area contributed by atoms with E-state index in [0.29, 0.717) is 0 Å². The zero-order chi connectivity index (χ0) is 20.2. The van der Waals surface area contributed by atoms with E-state index in [0.717, 1.165) is 5.56 Å². The van der Waals surface area contributed by atoms with Crippen LogP contribution in [0.15, 0.2) is 30.3 Å². The predicted octanol–water partition coefficient (Wildman–Crippen LogP) is 2.39. The molecule has 0 aliphatic carbocycles. The Morgan fingerprint density at radius 3 is 2.37 bits per heavy atom. The molecule has 2 unspecified atom stereocenters. The van der Waals surface area contributed by atoms with E-state index in [9.17, 15) is 14.4 Å². The lowest BCUT2D eigenvalue weighted by atomic mass is 9.78. The molecule has 7 heteroatoms. The molecule has 0 aromatic heterocycles. The fraction of sp³-hybridized carbons (Fsp3) is 0.550. The maximum atomic E-state index is 12.3. The van der Waals surface area contributed by atoms with Gasteiger partial charge in [0.05, 0.1) is 17.9 Å². The van der Waals surface area contributed by atoms with Gasteiger partial charge in [0.1, 0.15) is 12.2 Å². The van der Waals surface area contributed by atoms with Gasteiger partial charge in [-0.25, -0.2) is 4.79 Å². The molecule has 148 valence electrons. The number of β-lactam (4-membered cyclic amide) rings is 1. The van der Waals surface area contributed by atoms with Crippen LogP contribution in [0.5, 0.6) is 0 Å². The number of carbonyl (C=O) groups excluding carboxylic acids is 3. The lowest BCUT2D eigenvalue weighted by Gasteiger charge is -2.42. The van der Waals surface area contributed by atoms with Crippen LogP contribution in [0.3, 0.4) is 0 Å². The number of benzene rings is 1. The zero-order valence-electron chi connectivity index (χ0n) is 16.4. The largest absolute Gasteiger partial charge is 0.461 e. The molecular weight excluding hydrogens is 348 g/mol. The summed E-state index contributed by atoms with van der Waals surface area (Å²) in [6, 6.07) is 8.52. The second kappa shape index (κ2) is 8.41. The Bertz CT molecular complexity index is 683. The van der Waals surface area contributed by atoms with Gasteiger partial charge >= 0.3 is 12.1 Å². The molecule has 1 aromatic carbocycles. The van der Waals surface area contributed by atoms with E-state index in [1.807, 2.05) is 30.3 Å². The normalized spacial score (nSPS) is 21.3. The fourth-order valence-corrected chi connectivity index (χ4v) is 2.98. The van der Waals surface area contributed by atoms with E-state index in [1.165, 1.54) is 0 Å². The number of nitrogens with one attached hydrogen (secondary N) is 2. The Kier molecular flexibility index (Phi) is 6.46. The summed E-state index contributed by atoms with van der Waals surface area (Å²) in [7, 11) is 0. The van der Waals surface area contributed by atoms with E-state index in [4.69, 9.17) is 9.47 Å². The molecular formula is C20H28N2O5. The highest BCUT2D eigenvalue weighted by Gasteiger charge is 2.48. The van der Waals surface area contributed by atoms with Crippen molar-refractivity contribution in [2.24, 2.45) is 11.8 Å². The molecule has 0 spiro atoms. The first-order chi connectivity index (χ1) is 12.6. The minimum atomic E-state index is -0.625. The molecule has 4 atom stereocenters. The van der Waals surface area contributed by atoms with Crippen molar-refractivity contribution in [3.63, 3.8) is 0 Å². The Hall–Kier alpha value is -2.57. The summed E-state index contributed by atoms with van der Waals surface area (Å²) in [5.74, 6) is -1.64. The highest BCUT2D eigenvalue weighted by atomic mass is 16.6. The second-order valence-corrected chi connectivity index (χ2v) is 7.88. The van der Waals surface area contributed by atoms with Crippen LogP contribution in [0.1, 0.15) is 40.2 Å². The third kappa shape index (κ3) is 5.70. The summed E-state index contributed by atoms with van der Waals surface area (Å²) in [4.78, 5) is 36.3. The molecule has 1 fully saturated rings. The average Bonchev–Trinajstić information content (AvgIpc) is 2.55. The number of carbonyl (C=O) groups is 3. The molecule has 1 aliphatic rings. The van der Waals surface area contributed by atoms with Crippen molar-refractivity contribution in [3.8, 4) is 0 Å². The van der Waals surface area contributed by atoms with Crippen LogP contribution in [-0.2, 0) is 25.7 Å². The van der Waals surface area contributed by atoms with Crippen molar-refractivity contribution in [2.75, 3.05) is 0 Å². The van der Waals surface area contributed by atoms with Crippen LogP contribution in [-0.4, -0.2) is 35.7 Å². The van der Waals surface area contributed by atoms with Gasteiger partial charge < -0.3 is 20.1 Å². The van der Waals surface area contributed by atoms with Crippen LogP contribution in [0, 0.1) is 11.8 Å². The lowest BCUT2D eigenvalue weighted by molar-refractivity contribution is -0.155. The molecule has 0 saturated carbocycles. The number of esters is 1. The number of hydrogen-bond acceptors (Lipinski definition) is 5. The summed E-state index contributed by atoms with van der Waals surface area (Å²) < 4.78 is 10.6. The minimum absolute atomic E-state index is 0.182. The van der Waals surface area contributed by atoms with E-state index in [-0.39, 0.29) is 12.5 Å². The molecule has 2 N–H and O–H groups in total. The van der Waals surface area contributed by atoms with E-state index >= 15 is 0 Å². The molecule has 1 aliphatic heterocycles. The minimum Gasteiger partial charge on any atom is -0.461 e. The van der Waals surface area contributed by atoms with Crippen molar-refractivity contribution in [1.29, 1.82) is 0 Å². The zero-order valence-corrected chi connectivity index (χ0v) is 16.4. The molecule has 0 bridgehead atoms. The van der Waals surface area contributed by atoms with Crippen LogP contribution < -0.4 is 10.6 Å². The first-order valence-corrected chi connectivity index (χ1v) is 9.09. The monoisotopic (exact) mass is 376 g/mol. The molecule has 1 heterocycles. The van der Waals surface area contributed by atoms with Crippen molar-refractivity contribution < 1.29 is 23.9 Å². The van der Waals surface area contributed by atoms with E-state index in [2.05, 4.69) is 10.6 Å². The summed E-state index contributed by atoms with van der Waals surface area (Å²) >= 11 is 0. The smallest absolute Gasteiger partial charge is 0.407 e. The molecule has 7 nitrogen and oxygen atoms in total. The third-order valence-corrected chi connectivity index (χ3v) is 4.42. The maximum absolute atomic E-state index is 12.3. The SMILES string of the molecule is CC(C(=O)OCc1ccccc1)[C@H]1NC(=O)[C@@H]1C(C)NC(=O)OC(C)(C)C. The van der Waals surface area contributed by atoms with Crippen molar-refractivity contribution in [1.82, 2.24) is 10.6 Å². The molecule has 0 radical (unpaired) electrons. The van der Waals surface area contributed by atoms with Gasteiger partial charge in [-0.1, -0.05) is 30.3 Å². The Morgan fingerprint density at radius 2 is 1.81 bits per heavy atom. The quantitative estimate of drug-likeness (QED) is 0.587. The summed E-state index contributed by atoms with van der Waals surface area (Å²) in [5.41, 5.74) is 0.270. The number of rotatable bonds is 6. The number of ether oxygens (including phenoxy) is 2. The number of amides is 2. The Morgan fingerprint density at radius 1 is 1.19 bits per heavy atom. The van der Waals surface area contributed by atoms with E-state index in [1.54, 1.807) is 34.6 Å². The highest BCUT2D eigenvalue weighted by molar-refractivity contribution is 5.89. The van der Waals surface area contributed by atoms with Gasteiger partial charge in [0, 0.05) is 6.04 Å². The topological polar surface area (TPSA) is 93.7 Å². The Balaban J connectivity index is 1.90. The molecule has 2 rings (SSSR count). The standard InChI is InChI=1S/C20H28N2O5/c1-12(18(24)26-11-14-9-7-6-8-10-14)16-15(17(23)22-16)13(2)21-19(25)27-20(3,4)5/h6-10,12-13,15-16H,11H2,1-5H3,(H,21,25)(H,22,23)/t12?,13?,15-,16-/m1/s1. The van der Waals surface area contributed by atoms with Gasteiger partial charge in [0.15, 0.2) is 0 Å². The van der Waals surface area contributed by atoms with Gasteiger partial charge in [0.2, 0.25) is 5.91 Å². The van der Waals surface area contributed by atoms with Crippen LogP contribution >= 0.6 is 0 Å². The van der Waals surface area contributed by atoms with Gasteiger partial charge in [-0.2, -0.15) is 0 Å². The van der Waals surface area contributed by atoms with E-state index < -0.39 is 41.6 Å². The predicted molar refractivity (Wildman–Crippen MR) is 99.7 cm³/mol. The highest BCUT2D eigenvalue weighted by Crippen LogP contribution is 2.27. The second-order valence-electron chi connectivity index (χ2n) is 7.88. The summed E-state index contributed by atoms with van der Waals surface area (Å²) in [6.45, 7) is 8.91. The molecule has 1 saturated heterocycles. The van der Waals surface area contributed by atoms with Gasteiger partial charge in [0.25, 0.3) is 0 Å². The molecule has 1 aromatic rings. The summed E-state index contributed by atoms with van der Waals surface area (Å²) in [5, 5.41) is 5.42. The third-order valence-electron chi connectivity index (χ3n) is 4.42. The van der Waals surface area contributed by atoms with Crippen molar-refractivity contribution >= 4 is 18.0 Å². The van der Waals surface area contributed by atoms with Crippen LogP contribution in [0.2, 0.25) is 0 Å². The number of alkyl carbamates (subject to hydrolysis) is 1. The molecule has 2 amide bonds. The average molecular weight is 376 g/mol. The maximum Gasteiger partial charge on any atom is 0.407 e. The van der Waals surface area contributed by atoms with Gasteiger partial charge in [-0.05, 0) is 40.2 Å². The summed E-state index contributed by atoms with van der Waals surface area (Å²) in [6.07, 6.45) is -0.590. The first kappa shape index (κ1) is 20.7. The van der Waals surface area contributed by atoms with Crippen LogP contribution in [0.4, 0.5) is 4.79 Å². The van der Waals surface area contributed by atoms with Crippen molar-refractivity contribution in [3.05, 3.63) is 35.9 Å². The number of hydrogen-bond donors (Lipinski definition) is 2. The lowest BCUT2D eigenvalue weighted by Crippen LogP contribution is -2.67. The first-order valence-electron chi connectivity index (χ1n) is 9.09. The van der Waals surface area contributed by atoms with Crippen LogP contribution in [0.25, 0.3) is 0 Å². The van der Waals surface area contributed by atoms with Gasteiger partial charge in [-0.3, -0.25) is 9.59 Å².